The Balaban J connectivity index is 2.01. The maximum atomic E-state index is 12.6. The molecule has 1 aliphatic rings. The van der Waals surface area contributed by atoms with Gasteiger partial charge in [-0.15, -0.1) is 0 Å². The second-order valence-electron chi connectivity index (χ2n) is 5.67. The average Bonchev–Trinajstić information content (AvgIpc) is 2.59. The highest BCUT2D eigenvalue weighted by molar-refractivity contribution is 6.27. The van der Waals surface area contributed by atoms with E-state index in [2.05, 4.69) is 4.98 Å². The van der Waals surface area contributed by atoms with E-state index in [1.54, 1.807) is 6.07 Å². The van der Waals surface area contributed by atoms with Crippen molar-refractivity contribution < 1.29 is 28.2 Å². The Morgan fingerprint density at radius 1 is 1.28 bits per heavy atom. The van der Waals surface area contributed by atoms with Crippen molar-refractivity contribution in [3.63, 3.8) is 0 Å². The van der Waals surface area contributed by atoms with E-state index in [9.17, 15) is 23.5 Å². The van der Waals surface area contributed by atoms with Gasteiger partial charge in [0.2, 0.25) is 0 Å². The SMILES string of the molecule is O=C1CCCC(O)=C1C(=O)c1ccc2nccc(OCC(F)F)c2c1. The third kappa shape index (κ3) is 3.50. The standard InChI is InChI=1S/C18H15F2NO4/c19-16(20)9-25-15-6-7-21-12-5-4-10(8-11(12)15)18(24)17-13(22)2-1-3-14(17)23/h4-8,16,22H,1-3,9H2. The van der Waals surface area contributed by atoms with Gasteiger partial charge in [0, 0.05) is 30.0 Å². The van der Waals surface area contributed by atoms with Crippen LogP contribution in [0.3, 0.4) is 0 Å². The fourth-order valence-electron chi connectivity index (χ4n) is 2.77. The second kappa shape index (κ2) is 6.96. The molecule has 1 aliphatic carbocycles. The van der Waals surface area contributed by atoms with Crippen LogP contribution < -0.4 is 4.74 Å². The Hall–Kier alpha value is -2.83. The van der Waals surface area contributed by atoms with Crippen molar-refractivity contribution in [1.29, 1.82) is 0 Å². The van der Waals surface area contributed by atoms with E-state index in [1.165, 1.54) is 24.4 Å². The summed E-state index contributed by atoms with van der Waals surface area (Å²) in [6, 6.07) is 5.90. The minimum atomic E-state index is -2.63. The predicted molar refractivity (Wildman–Crippen MR) is 86.1 cm³/mol. The number of benzene rings is 1. The Morgan fingerprint density at radius 3 is 2.80 bits per heavy atom. The molecule has 1 N–H and O–H groups in total. The molecule has 1 aromatic carbocycles. The van der Waals surface area contributed by atoms with Gasteiger partial charge in [-0.25, -0.2) is 8.78 Å². The number of carbonyl (C=O) groups excluding carboxylic acids is 2. The summed E-state index contributed by atoms with van der Waals surface area (Å²) in [5, 5.41) is 10.3. The molecule has 0 amide bonds. The number of aliphatic hydroxyl groups excluding tert-OH is 1. The molecule has 1 heterocycles. The number of aliphatic hydroxyl groups is 1. The number of rotatable bonds is 5. The summed E-state index contributed by atoms with van der Waals surface area (Å²) in [4.78, 5) is 28.7. The minimum absolute atomic E-state index is 0.166. The molecule has 0 aliphatic heterocycles. The van der Waals surface area contributed by atoms with Crippen LogP contribution in [0.5, 0.6) is 5.75 Å². The number of hydrogen-bond donors (Lipinski definition) is 1. The lowest BCUT2D eigenvalue weighted by Gasteiger charge is -2.14. The number of ether oxygens (including phenoxy) is 1. The minimum Gasteiger partial charge on any atom is -0.511 e. The Kier molecular flexibility index (Phi) is 4.74. The van der Waals surface area contributed by atoms with Crippen LogP contribution in [0.1, 0.15) is 29.6 Å². The van der Waals surface area contributed by atoms with Crippen LogP contribution in [-0.2, 0) is 4.79 Å². The molecule has 0 saturated carbocycles. The van der Waals surface area contributed by atoms with Crippen molar-refractivity contribution in [2.75, 3.05) is 6.61 Å². The van der Waals surface area contributed by atoms with Gasteiger partial charge in [0.05, 0.1) is 5.52 Å². The van der Waals surface area contributed by atoms with Crippen molar-refractivity contribution in [1.82, 2.24) is 4.98 Å². The van der Waals surface area contributed by atoms with Crippen LogP contribution >= 0.6 is 0 Å². The monoisotopic (exact) mass is 347 g/mol. The third-order valence-electron chi connectivity index (χ3n) is 3.94. The number of hydrogen-bond acceptors (Lipinski definition) is 5. The van der Waals surface area contributed by atoms with Crippen molar-refractivity contribution in [2.24, 2.45) is 0 Å². The average molecular weight is 347 g/mol. The van der Waals surface area contributed by atoms with Gasteiger partial charge in [-0.2, -0.15) is 0 Å². The van der Waals surface area contributed by atoms with Crippen molar-refractivity contribution in [3.8, 4) is 5.75 Å². The molecular formula is C18H15F2NO4. The molecule has 0 spiro atoms. The fraction of sp³-hybridized carbons (Fsp3) is 0.278. The zero-order valence-corrected chi connectivity index (χ0v) is 13.2. The van der Waals surface area contributed by atoms with E-state index in [-0.39, 0.29) is 35.5 Å². The molecule has 0 saturated heterocycles. The first kappa shape index (κ1) is 17.0. The topological polar surface area (TPSA) is 76.5 Å². The van der Waals surface area contributed by atoms with Gasteiger partial charge < -0.3 is 9.84 Å². The molecule has 0 unspecified atom stereocenters. The molecule has 0 fully saturated rings. The summed E-state index contributed by atoms with van der Waals surface area (Å²) >= 11 is 0. The highest BCUT2D eigenvalue weighted by Crippen LogP contribution is 2.28. The number of ketones is 2. The largest absolute Gasteiger partial charge is 0.511 e. The van der Waals surface area contributed by atoms with Gasteiger partial charge in [-0.1, -0.05) is 0 Å². The van der Waals surface area contributed by atoms with Crippen molar-refractivity contribution in [2.45, 2.75) is 25.7 Å². The molecule has 0 bridgehead atoms. The lowest BCUT2D eigenvalue weighted by atomic mass is 9.90. The number of nitrogens with zero attached hydrogens (tertiary/aromatic N) is 1. The molecule has 1 aromatic heterocycles. The number of halogens is 2. The number of Topliss-reactive ketones (excluding diaryl/α,β-unsaturated/α-hetero) is 2. The van der Waals surface area contributed by atoms with E-state index in [1.807, 2.05) is 0 Å². The van der Waals surface area contributed by atoms with Gasteiger partial charge in [0.15, 0.2) is 11.6 Å². The molecule has 5 nitrogen and oxygen atoms in total. The number of allylic oxidation sites excluding steroid dienone is 2. The molecule has 25 heavy (non-hydrogen) atoms. The lowest BCUT2D eigenvalue weighted by Crippen LogP contribution is -2.19. The zero-order chi connectivity index (χ0) is 18.0. The summed E-state index contributed by atoms with van der Waals surface area (Å²) in [5.41, 5.74) is 0.431. The molecular weight excluding hydrogens is 332 g/mol. The van der Waals surface area contributed by atoms with E-state index < -0.39 is 24.6 Å². The normalized spacial score (nSPS) is 15.1. The zero-order valence-electron chi connectivity index (χ0n) is 13.2. The Morgan fingerprint density at radius 2 is 2.08 bits per heavy atom. The summed E-state index contributed by atoms with van der Waals surface area (Å²) in [5.74, 6) is -1.02. The quantitative estimate of drug-likeness (QED) is 0.660. The first-order valence-electron chi connectivity index (χ1n) is 7.77. The molecule has 7 heteroatoms. The van der Waals surface area contributed by atoms with Crippen LogP contribution in [0.2, 0.25) is 0 Å². The summed E-state index contributed by atoms with van der Waals surface area (Å²) in [6.07, 6.45) is -0.207. The number of aromatic nitrogens is 1. The number of carbonyl (C=O) groups is 2. The van der Waals surface area contributed by atoms with Crippen LogP contribution in [0.4, 0.5) is 8.78 Å². The van der Waals surface area contributed by atoms with Crippen LogP contribution in [0.15, 0.2) is 41.8 Å². The number of fused-ring (bicyclic) bond motifs is 1. The van der Waals surface area contributed by atoms with Gasteiger partial charge >= 0.3 is 0 Å². The van der Waals surface area contributed by atoms with Crippen molar-refractivity contribution in [3.05, 3.63) is 47.4 Å². The third-order valence-corrected chi connectivity index (χ3v) is 3.94. The highest BCUT2D eigenvalue weighted by Gasteiger charge is 2.27. The maximum Gasteiger partial charge on any atom is 0.272 e. The maximum absolute atomic E-state index is 12.6. The predicted octanol–water partition coefficient (Wildman–Crippen LogP) is 3.63. The molecule has 3 rings (SSSR count). The Bertz CT molecular complexity index is 877. The van der Waals surface area contributed by atoms with E-state index >= 15 is 0 Å². The van der Waals surface area contributed by atoms with Crippen LogP contribution in [0, 0.1) is 0 Å². The molecule has 0 radical (unpaired) electrons. The van der Waals surface area contributed by atoms with Gasteiger partial charge in [0.25, 0.3) is 6.43 Å². The number of pyridine rings is 1. The fourth-order valence-corrected chi connectivity index (χ4v) is 2.77. The van der Waals surface area contributed by atoms with Crippen molar-refractivity contribution >= 4 is 22.5 Å². The first-order chi connectivity index (χ1) is 12.0. The highest BCUT2D eigenvalue weighted by atomic mass is 19.3. The summed E-state index contributed by atoms with van der Waals surface area (Å²) in [6.45, 7) is -0.776. The van der Waals surface area contributed by atoms with Gasteiger partial charge in [-0.05, 0) is 30.7 Å². The molecule has 130 valence electrons. The summed E-state index contributed by atoms with van der Waals surface area (Å²) < 4.78 is 29.9. The van der Waals surface area contributed by atoms with E-state index in [0.717, 1.165) is 0 Å². The molecule has 0 atom stereocenters. The molecule has 2 aromatic rings. The van der Waals surface area contributed by atoms with E-state index in [0.29, 0.717) is 17.3 Å². The lowest BCUT2D eigenvalue weighted by molar-refractivity contribution is -0.116. The van der Waals surface area contributed by atoms with Gasteiger partial charge in [-0.3, -0.25) is 14.6 Å². The number of alkyl halides is 2. The van der Waals surface area contributed by atoms with E-state index in [4.69, 9.17) is 4.74 Å². The second-order valence-corrected chi connectivity index (χ2v) is 5.67. The van der Waals surface area contributed by atoms with Gasteiger partial charge in [0.1, 0.15) is 23.7 Å². The van der Waals surface area contributed by atoms with Crippen LogP contribution in [0.25, 0.3) is 10.9 Å². The first-order valence-corrected chi connectivity index (χ1v) is 7.77. The smallest absolute Gasteiger partial charge is 0.272 e. The summed E-state index contributed by atoms with van der Waals surface area (Å²) in [7, 11) is 0. The van der Waals surface area contributed by atoms with Crippen LogP contribution in [-0.4, -0.2) is 34.7 Å². The Labute approximate surface area is 141 Å².